The number of rotatable bonds is 5. The van der Waals surface area contributed by atoms with E-state index in [0.29, 0.717) is 11.4 Å². The van der Waals surface area contributed by atoms with Crippen LogP contribution < -0.4 is 10.6 Å². The van der Waals surface area contributed by atoms with Crippen LogP contribution >= 0.6 is 0 Å². The first kappa shape index (κ1) is 17.0. The zero-order valence-electron chi connectivity index (χ0n) is 12.9. The molecule has 0 aromatic heterocycles. The summed E-state index contributed by atoms with van der Waals surface area (Å²) < 4.78 is 0. The molecule has 24 heavy (non-hydrogen) atoms. The van der Waals surface area contributed by atoms with E-state index in [4.69, 9.17) is 5.11 Å². The van der Waals surface area contributed by atoms with Gasteiger partial charge in [0.25, 0.3) is 0 Å². The fraction of sp³-hybridized carbons (Fsp3) is 0.118. The maximum absolute atomic E-state index is 12.0. The maximum atomic E-state index is 12.0. The number of aromatic hydroxyl groups is 1. The van der Waals surface area contributed by atoms with E-state index in [1.807, 2.05) is 0 Å². The van der Waals surface area contributed by atoms with E-state index in [-0.39, 0.29) is 23.8 Å². The summed E-state index contributed by atoms with van der Waals surface area (Å²) in [6.07, 6.45) is 0.0990. The minimum atomic E-state index is -1.25. The lowest BCUT2D eigenvalue weighted by molar-refractivity contribution is -0.116. The number of hydrogen-bond acceptors (Lipinski definition) is 4. The van der Waals surface area contributed by atoms with E-state index in [1.54, 1.807) is 24.3 Å². The van der Waals surface area contributed by atoms with Crippen molar-refractivity contribution in [3.63, 3.8) is 0 Å². The molecule has 0 aliphatic rings. The average Bonchev–Trinajstić information content (AvgIpc) is 2.48. The van der Waals surface area contributed by atoms with Crippen LogP contribution in [0.2, 0.25) is 0 Å². The molecule has 0 radical (unpaired) electrons. The van der Waals surface area contributed by atoms with Gasteiger partial charge in [-0.05, 0) is 29.8 Å². The molecule has 7 heteroatoms. The highest BCUT2D eigenvalue weighted by molar-refractivity contribution is 5.95. The molecule has 0 heterocycles. The van der Waals surface area contributed by atoms with Crippen molar-refractivity contribution in [1.29, 1.82) is 0 Å². The second kappa shape index (κ2) is 7.28. The molecule has 4 N–H and O–H groups in total. The summed E-state index contributed by atoms with van der Waals surface area (Å²) in [5.74, 6) is -2.15. The summed E-state index contributed by atoms with van der Waals surface area (Å²) >= 11 is 0. The number of carbonyl (C=O) groups is 3. The van der Waals surface area contributed by atoms with Gasteiger partial charge in [-0.15, -0.1) is 0 Å². The molecule has 0 unspecified atom stereocenters. The summed E-state index contributed by atoms with van der Waals surface area (Å²) in [5, 5.41) is 23.7. The molecule has 124 valence electrons. The third-order valence-corrected chi connectivity index (χ3v) is 3.15. The molecule has 0 aliphatic carbocycles. The highest BCUT2D eigenvalue weighted by atomic mass is 16.4. The number of amides is 2. The average molecular weight is 328 g/mol. The number of aromatic carboxylic acids is 1. The van der Waals surface area contributed by atoms with Crippen molar-refractivity contribution in [2.75, 3.05) is 10.6 Å². The number of hydrogen-bond donors (Lipinski definition) is 4. The topological polar surface area (TPSA) is 116 Å². The highest BCUT2D eigenvalue weighted by Gasteiger charge is 2.11. The molecule has 2 amide bonds. The highest BCUT2D eigenvalue weighted by Crippen LogP contribution is 2.22. The van der Waals surface area contributed by atoms with Crippen molar-refractivity contribution < 1.29 is 24.6 Å². The van der Waals surface area contributed by atoms with E-state index < -0.39 is 11.7 Å². The Bertz CT molecular complexity index is 784. The second-order valence-electron chi connectivity index (χ2n) is 5.14. The van der Waals surface area contributed by atoms with Crippen LogP contribution in [0, 0.1) is 0 Å². The van der Waals surface area contributed by atoms with Crippen LogP contribution in [-0.2, 0) is 16.0 Å². The Balaban J connectivity index is 1.99. The van der Waals surface area contributed by atoms with E-state index in [1.165, 1.54) is 25.1 Å². The molecule has 0 atom stereocenters. The molecule has 0 spiro atoms. The monoisotopic (exact) mass is 328 g/mol. The second-order valence-corrected chi connectivity index (χ2v) is 5.14. The Morgan fingerprint density at radius 2 is 1.58 bits per heavy atom. The molecule has 0 fully saturated rings. The largest absolute Gasteiger partial charge is 0.507 e. The molecule has 2 aromatic carbocycles. The molecule has 2 rings (SSSR count). The quantitative estimate of drug-likeness (QED) is 0.672. The van der Waals surface area contributed by atoms with E-state index in [0.717, 1.165) is 5.56 Å². The van der Waals surface area contributed by atoms with Gasteiger partial charge in [-0.3, -0.25) is 9.59 Å². The van der Waals surface area contributed by atoms with Gasteiger partial charge in [-0.25, -0.2) is 4.79 Å². The summed E-state index contributed by atoms with van der Waals surface area (Å²) in [6, 6.07) is 10.6. The summed E-state index contributed by atoms with van der Waals surface area (Å²) in [4.78, 5) is 33.8. The van der Waals surface area contributed by atoms with E-state index in [2.05, 4.69) is 10.6 Å². The van der Waals surface area contributed by atoms with Gasteiger partial charge >= 0.3 is 5.97 Å². The first-order valence-corrected chi connectivity index (χ1v) is 7.08. The van der Waals surface area contributed by atoms with Gasteiger partial charge in [0, 0.05) is 24.4 Å². The van der Waals surface area contributed by atoms with Gasteiger partial charge in [-0.1, -0.05) is 12.1 Å². The van der Waals surface area contributed by atoms with E-state index in [9.17, 15) is 19.5 Å². The first-order valence-electron chi connectivity index (χ1n) is 7.08. The standard InChI is InChI=1S/C17H16N2O5/c1-10(20)18-12-4-2-11(3-5-12)8-16(22)19-13-6-7-14(17(23)24)15(21)9-13/h2-7,9,21H,8H2,1H3,(H,18,20)(H,19,22)(H,23,24). The summed E-state index contributed by atoms with van der Waals surface area (Å²) in [5.41, 5.74) is 1.45. The molecular weight excluding hydrogens is 312 g/mol. The van der Waals surface area contributed by atoms with Crippen LogP contribution in [0.4, 0.5) is 11.4 Å². The van der Waals surface area contributed by atoms with Crippen molar-refractivity contribution in [3.8, 4) is 5.75 Å². The lowest BCUT2D eigenvalue weighted by atomic mass is 10.1. The van der Waals surface area contributed by atoms with Crippen LogP contribution in [0.1, 0.15) is 22.8 Å². The lowest BCUT2D eigenvalue weighted by Crippen LogP contribution is -2.14. The van der Waals surface area contributed by atoms with Gasteiger partial charge < -0.3 is 20.8 Å². The summed E-state index contributed by atoms with van der Waals surface area (Å²) in [7, 11) is 0. The molecule has 0 bridgehead atoms. The zero-order valence-corrected chi connectivity index (χ0v) is 12.9. The predicted molar refractivity (Wildman–Crippen MR) is 88.1 cm³/mol. The minimum absolute atomic E-state index is 0.0990. The predicted octanol–water partition coefficient (Wildman–Crippen LogP) is 2.23. The van der Waals surface area contributed by atoms with Gasteiger partial charge in [-0.2, -0.15) is 0 Å². The van der Waals surface area contributed by atoms with Crippen molar-refractivity contribution in [3.05, 3.63) is 53.6 Å². The fourth-order valence-electron chi connectivity index (χ4n) is 2.09. The lowest BCUT2D eigenvalue weighted by Gasteiger charge is -2.08. The number of carboxylic acid groups (broad SMARTS) is 1. The number of phenols is 1. The van der Waals surface area contributed by atoms with Crippen LogP contribution in [0.15, 0.2) is 42.5 Å². The number of nitrogens with one attached hydrogen (secondary N) is 2. The first-order chi connectivity index (χ1) is 11.3. The van der Waals surface area contributed by atoms with Crippen molar-refractivity contribution in [1.82, 2.24) is 0 Å². The van der Waals surface area contributed by atoms with Gasteiger partial charge in [0.1, 0.15) is 11.3 Å². The van der Waals surface area contributed by atoms with Crippen LogP contribution in [0.25, 0.3) is 0 Å². The minimum Gasteiger partial charge on any atom is -0.507 e. The number of carboxylic acids is 1. The van der Waals surface area contributed by atoms with Crippen molar-refractivity contribution >= 4 is 29.2 Å². The normalized spacial score (nSPS) is 10.0. The van der Waals surface area contributed by atoms with Crippen LogP contribution in [-0.4, -0.2) is 28.0 Å². The molecule has 0 aliphatic heterocycles. The SMILES string of the molecule is CC(=O)Nc1ccc(CC(=O)Nc2ccc(C(=O)O)c(O)c2)cc1. The van der Waals surface area contributed by atoms with Crippen LogP contribution in [0.3, 0.4) is 0 Å². The summed E-state index contributed by atoms with van der Waals surface area (Å²) in [6.45, 7) is 1.41. The number of benzene rings is 2. The molecule has 7 nitrogen and oxygen atoms in total. The Morgan fingerprint density at radius 3 is 2.12 bits per heavy atom. The Kier molecular flexibility index (Phi) is 5.16. The smallest absolute Gasteiger partial charge is 0.339 e. The van der Waals surface area contributed by atoms with Crippen molar-refractivity contribution in [2.45, 2.75) is 13.3 Å². The Hall–Kier alpha value is -3.35. The molecule has 0 saturated carbocycles. The molecule has 0 saturated heterocycles. The van der Waals surface area contributed by atoms with Gasteiger partial charge in [0.2, 0.25) is 11.8 Å². The van der Waals surface area contributed by atoms with Crippen molar-refractivity contribution in [2.24, 2.45) is 0 Å². The molecule has 2 aromatic rings. The molecular formula is C17H16N2O5. The van der Waals surface area contributed by atoms with Gasteiger partial charge in [0.15, 0.2) is 0 Å². The third-order valence-electron chi connectivity index (χ3n) is 3.15. The fourth-order valence-corrected chi connectivity index (χ4v) is 2.09. The number of anilines is 2. The number of carbonyl (C=O) groups excluding carboxylic acids is 2. The van der Waals surface area contributed by atoms with E-state index >= 15 is 0 Å². The Morgan fingerprint density at radius 1 is 0.958 bits per heavy atom. The maximum Gasteiger partial charge on any atom is 0.339 e. The van der Waals surface area contributed by atoms with Crippen LogP contribution in [0.5, 0.6) is 5.75 Å². The third kappa shape index (κ3) is 4.57. The zero-order chi connectivity index (χ0) is 17.7. The Labute approximate surface area is 137 Å². The van der Waals surface area contributed by atoms with Gasteiger partial charge in [0.05, 0.1) is 6.42 Å².